The van der Waals surface area contributed by atoms with Crippen molar-refractivity contribution in [1.29, 1.82) is 0 Å². The zero-order valence-corrected chi connectivity index (χ0v) is 7.20. The molecule has 0 radical (unpaired) electrons. The van der Waals surface area contributed by atoms with Gasteiger partial charge in [0.25, 0.3) is 0 Å². The Morgan fingerprint density at radius 2 is 2.12 bits per heavy atom. The number of carbonyl (C=O) groups is 1. The van der Waals surface area contributed by atoms with Crippen molar-refractivity contribution in [2.75, 3.05) is 0 Å². The van der Waals surface area contributed by atoms with Crippen molar-refractivity contribution in [3.8, 4) is 0 Å². The summed E-state index contributed by atoms with van der Waals surface area (Å²) in [6.07, 6.45) is 0.808. The van der Waals surface area contributed by atoms with Crippen molar-refractivity contribution in [3.63, 3.8) is 0 Å². The molecule has 8 heavy (non-hydrogen) atoms. The molecule has 1 fully saturated rings. The van der Waals surface area contributed by atoms with Gasteiger partial charge in [-0.15, -0.1) is 0 Å². The second-order valence-electron chi connectivity index (χ2n) is 1.92. The zero-order chi connectivity index (χ0) is 6.36. The third-order valence-corrected chi connectivity index (χ3v) is 2.92. The lowest BCUT2D eigenvalue weighted by atomic mass is 10.4. The Morgan fingerprint density at radius 1 is 1.75 bits per heavy atom. The van der Waals surface area contributed by atoms with Gasteiger partial charge in [0.05, 0.1) is 9.15 Å². The van der Waals surface area contributed by atoms with Crippen molar-refractivity contribution in [3.05, 3.63) is 0 Å². The second kappa shape index (κ2) is 1.70. The number of amides is 1. The Balaban J connectivity index is 2.48. The second-order valence-corrected chi connectivity index (χ2v) is 5.81. The maximum atomic E-state index is 10.3. The molecule has 2 N–H and O–H groups in total. The molecule has 0 saturated heterocycles. The van der Waals surface area contributed by atoms with Gasteiger partial charge in [-0.2, -0.15) is 0 Å². The maximum Gasteiger partial charge on any atom is 0.222 e. The highest BCUT2D eigenvalue weighted by Gasteiger charge is 2.54. The molecule has 0 aromatic carbocycles. The molecule has 4 heteroatoms. The fourth-order valence-corrected chi connectivity index (χ4v) is 1.62. The van der Waals surface area contributed by atoms with E-state index in [1.165, 1.54) is 0 Å². The molecule has 1 aliphatic carbocycles. The Kier molecular flexibility index (Phi) is 1.39. The highest BCUT2D eigenvalue weighted by atomic mass is 79.9. The van der Waals surface area contributed by atoms with Crippen LogP contribution >= 0.6 is 31.9 Å². The summed E-state index contributed by atoms with van der Waals surface area (Å²) in [5.41, 5.74) is 4.97. The predicted molar refractivity (Wildman–Crippen MR) is 37.9 cm³/mol. The van der Waals surface area contributed by atoms with Gasteiger partial charge in [0, 0.05) is 0 Å². The van der Waals surface area contributed by atoms with Crippen molar-refractivity contribution in [2.45, 2.75) is 9.65 Å². The van der Waals surface area contributed by atoms with E-state index in [9.17, 15) is 4.79 Å². The van der Waals surface area contributed by atoms with Crippen LogP contribution in [0.4, 0.5) is 0 Å². The minimum Gasteiger partial charge on any atom is -0.369 e. The summed E-state index contributed by atoms with van der Waals surface area (Å²) in [7, 11) is 0. The van der Waals surface area contributed by atoms with E-state index < -0.39 is 0 Å². The summed E-state index contributed by atoms with van der Waals surface area (Å²) in [6.45, 7) is 0. The van der Waals surface area contributed by atoms with Gasteiger partial charge in [-0.3, -0.25) is 4.79 Å². The largest absolute Gasteiger partial charge is 0.369 e. The summed E-state index contributed by atoms with van der Waals surface area (Å²) in [4.78, 5) is 10.3. The van der Waals surface area contributed by atoms with Crippen LogP contribution in [0, 0.1) is 5.92 Å². The van der Waals surface area contributed by atoms with Gasteiger partial charge in [-0.25, -0.2) is 0 Å². The number of carbonyl (C=O) groups excluding carboxylic acids is 1. The predicted octanol–water partition coefficient (Wildman–Crippen LogP) is 0.978. The summed E-state index contributed by atoms with van der Waals surface area (Å²) >= 11 is 6.54. The monoisotopic (exact) mass is 241 g/mol. The molecule has 46 valence electrons. The van der Waals surface area contributed by atoms with Crippen LogP contribution in [0.25, 0.3) is 0 Å². The zero-order valence-electron chi connectivity index (χ0n) is 4.03. The standard InChI is InChI=1S/C4H5Br2NO/c5-4(6)1-2(4)3(7)8/h2H,1H2,(H2,7,8). The topological polar surface area (TPSA) is 43.1 Å². The van der Waals surface area contributed by atoms with Crippen LogP contribution in [0.1, 0.15) is 6.42 Å². The first-order chi connectivity index (χ1) is 3.54. The average Bonchev–Trinajstić information content (AvgIpc) is 2.13. The lowest BCUT2D eigenvalue weighted by molar-refractivity contribution is -0.119. The molecule has 1 rings (SSSR count). The van der Waals surface area contributed by atoms with Crippen molar-refractivity contribution >= 4 is 37.8 Å². The summed E-state index contributed by atoms with van der Waals surface area (Å²) in [5.74, 6) is -0.249. The van der Waals surface area contributed by atoms with Crippen LogP contribution in [0.3, 0.4) is 0 Å². The molecule has 0 aromatic rings. The molecule has 0 aliphatic heterocycles. The van der Waals surface area contributed by atoms with E-state index in [-0.39, 0.29) is 15.1 Å². The number of primary amides is 1. The van der Waals surface area contributed by atoms with Crippen LogP contribution in [0.15, 0.2) is 0 Å². The molecule has 1 atom stereocenters. The summed E-state index contributed by atoms with van der Waals surface area (Å²) in [6, 6.07) is 0. The molecule has 0 aromatic heterocycles. The van der Waals surface area contributed by atoms with Crippen molar-refractivity contribution in [1.82, 2.24) is 0 Å². The first-order valence-corrected chi connectivity index (χ1v) is 3.80. The van der Waals surface area contributed by atoms with Crippen LogP contribution in [0.5, 0.6) is 0 Å². The maximum absolute atomic E-state index is 10.3. The average molecular weight is 243 g/mol. The SMILES string of the molecule is NC(=O)C1CC1(Br)Br. The van der Waals surface area contributed by atoms with Gasteiger partial charge in [0.1, 0.15) is 0 Å². The number of halogens is 2. The van der Waals surface area contributed by atoms with E-state index in [0.717, 1.165) is 6.42 Å². The number of rotatable bonds is 1. The normalized spacial score (nSPS) is 32.0. The molecule has 1 saturated carbocycles. The molecule has 2 nitrogen and oxygen atoms in total. The van der Waals surface area contributed by atoms with Gasteiger partial charge in [-0.05, 0) is 6.42 Å². The molecule has 1 amide bonds. The Labute approximate surface area is 64.1 Å². The number of hydrogen-bond acceptors (Lipinski definition) is 1. The fraction of sp³-hybridized carbons (Fsp3) is 0.750. The van der Waals surface area contributed by atoms with E-state index in [1.54, 1.807) is 0 Å². The van der Waals surface area contributed by atoms with Crippen LogP contribution in [-0.4, -0.2) is 9.14 Å². The molecule has 1 unspecified atom stereocenters. The van der Waals surface area contributed by atoms with E-state index in [2.05, 4.69) is 31.9 Å². The quantitative estimate of drug-likeness (QED) is 0.685. The van der Waals surface area contributed by atoms with Crippen molar-refractivity contribution < 1.29 is 4.79 Å². The highest BCUT2D eigenvalue weighted by molar-refractivity contribution is 9.25. The van der Waals surface area contributed by atoms with Crippen molar-refractivity contribution in [2.24, 2.45) is 11.7 Å². The Morgan fingerprint density at radius 3 is 2.12 bits per heavy atom. The summed E-state index contributed by atoms with van der Waals surface area (Å²) in [5, 5.41) is 0. The minimum absolute atomic E-state index is 0.0116. The van der Waals surface area contributed by atoms with Crippen LogP contribution in [0.2, 0.25) is 0 Å². The minimum atomic E-state index is -0.237. The van der Waals surface area contributed by atoms with Gasteiger partial charge >= 0.3 is 0 Å². The van der Waals surface area contributed by atoms with E-state index in [0.29, 0.717) is 0 Å². The number of alkyl halides is 2. The van der Waals surface area contributed by atoms with E-state index in [1.807, 2.05) is 0 Å². The smallest absolute Gasteiger partial charge is 0.222 e. The number of hydrogen-bond donors (Lipinski definition) is 1. The van der Waals surface area contributed by atoms with Gasteiger partial charge < -0.3 is 5.73 Å². The number of nitrogens with two attached hydrogens (primary N) is 1. The fourth-order valence-electron chi connectivity index (χ4n) is 0.522. The lowest BCUT2D eigenvalue weighted by Gasteiger charge is -1.90. The van der Waals surface area contributed by atoms with E-state index in [4.69, 9.17) is 5.73 Å². The first-order valence-electron chi connectivity index (χ1n) is 2.21. The van der Waals surface area contributed by atoms with Gasteiger partial charge in [0.15, 0.2) is 0 Å². The molecule has 1 aliphatic rings. The highest BCUT2D eigenvalue weighted by Crippen LogP contribution is 2.55. The Bertz CT molecular complexity index is 134. The molecular weight excluding hydrogens is 238 g/mol. The molecule has 0 bridgehead atoms. The van der Waals surface area contributed by atoms with Crippen LogP contribution in [-0.2, 0) is 4.79 Å². The third kappa shape index (κ3) is 1.05. The van der Waals surface area contributed by atoms with Gasteiger partial charge in [-0.1, -0.05) is 31.9 Å². The lowest BCUT2D eigenvalue weighted by Crippen LogP contribution is -2.15. The van der Waals surface area contributed by atoms with Crippen LogP contribution < -0.4 is 5.73 Å². The molecular formula is C4H5Br2NO. The first kappa shape index (κ1) is 6.55. The Hall–Kier alpha value is 0.430. The summed E-state index contributed by atoms with van der Waals surface area (Å²) < 4.78 is -0.161. The van der Waals surface area contributed by atoms with E-state index >= 15 is 0 Å². The van der Waals surface area contributed by atoms with Gasteiger partial charge in [0.2, 0.25) is 5.91 Å². The molecule has 0 spiro atoms. The third-order valence-electron chi connectivity index (χ3n) is 1.17. The molecule has 0 heterocycles.